The molecule has 3 amide bonds. The second kappa shape index (κ2) is 11.2. The van der Waals surface area contributed by atoms with Crippen molar-refractivity contribution >= 4 is 11.9 Å². The van der Waals surface area contributed by atoms with Crippen LogP contribution in [0.15, 0.2) is 54.6 Å². The summed E-state index contributed by atoms with van der Waals surface area (Å²) < 4.78 is 0. The smallest absolute Gasteiger partial charge is 0.312 e. The average molecular weight is 398 g/mol. The Morgan fingerprint density at radius 2 is 1.62 bits per heavy atom. The fourth-order valence-corrected chi connectivity index (χ4v) is 3.20. The predicted molar refractivity (Wildman–Crippen MR) is 115 cm³/mol. The van der Waals surface area contributed by atoms with Gasteiger partial charge in [-0.15, -0.1) is 0 Å². The van der Waals surface area contributed by atoms with Gasteiger partial charge in [-0.05, 0) is 42.9 Å². The minimum absolute atomic E-state index is 0.0918. The first-order chi connectivity index (χ1) is 13.9. The molecule has 0 aliphatic carbocycles. The van der Waals surface area contributed by atoms with Crippen LogP contribution in [0.3, 0.4) is 0 Å². The molecular formula is C23H31N3O3. The molecule has 3 atom stereocenters. The monoisotopic (exact) mass is 397 g/mol. The van der Waals surface area contributed by atoms with Crippen LogP contribution in [0.1, 0.15) is 32.3 Å². The lowest BCUT2D eigenvalue weighted by Gasteiger charge is -2.23. The van der Waals surface area contributed by atoms with Gasteiger partial charge in [-0.25, -0.2) is 4.79 Å². The summed E-state index contributed by atoms with van der Waals surface area (Å²) in [5.74, 6) is -0.312. The molecule has 0 aliphatic heterocycles. The number of hydrogen-bond acceptors (Lipinski definition) is 3. The molecule has 0 heterocycles. The highest BCUT2D eigenvalue weighted by molar-refractivity contribution is 5.79. The van der Waals surface area contributed by atoms with Crippen LogP contribution in [0.4, 0.5) is 4.79 Å². The van der Waals surface area contributed by atoms with Crippen LogP contribution in [0, 0.1) is 5.92 Å². The molecule has 6 nitrogen and oxygen atoms in total. The van der Waals surface area contributed by atoms with E-state index >= 15 is 0 Å². The van der Waals surface area contributed by atoms with Crippen molar-refractivity contribution < 1.29 is 14.7 Å². The summed E-state index contributed by atoms with van der Waals surface area (Å²) >= 11 is 0. The molecule has 2 rings (SSSR count). The van der Waals surface area contributed by atoms with Crippen LogP contribution < -0.4 is 16.4 Å². The molecule has 0 bridgehead atoms. The number of urea groups is 1. The zero-order chi connectivity index (χ0) is 21.2. The van der Waals surface area contributed by atoms with Crippen LogP contribution in [-0.4, -0.2) is 35.7 Å². The summed E-state index contributed by atoms with van der Waals surface area (Å²) in [6.45, 7) is 3.95. The third-order valence-electron chi connectivity index (χ3n) is 4.95. The minimum atomic E-state index is -0.676. The van der Waals surface area contributed by atoms with E-state index in [1.807, 2.05) is 37.3 Å². The van der Waals surface area contributed by atoms with Gasteiger partial charge in [0.05, 0.1) is 12.1 Å². The first-order valence-electron chi connectivity index (χ1n) is 10.0. The maximum absolute atomic E-state index is 12.6. The maximum Gasteiger partial charge on any atom is 0.312 e. The Hall–Kier alpha value is -2.86. The molecule has 6 heteroatoms. The van der Waals surface area contributed by atoms with Crippen molar-refractivity contribution in [1.29, 1.82) is 0 Å². The lowest BCUT2D eigenvalue weighted by Crippen LogP contribution is -2.45. The number of nitrogens with two attached hydrogens (primary N) is 1. The predicted octanol–water partition coefficient (Wildman–Crippen LogP) is 2.85. The molecular weight excluding hydrogens is 366 g/mol. The number of hydrogen-bond donors (Lipinski definition) is 4. The molecule has 0 aromatic heterocycles. The highest BCUT2D eigenvalue weighted by atomic mass is 16.3. The van der Waals surface area contributed by atoms with Gasteiger partial charge in [-0.2, -0.15) is 0 Å². The third kappa shape index (κ3) is 7.58. The molecule has 0 saturated heterocycles. The quantitative estimate of drug-likeness (QED) is 0.463. The number of carbonyl (C=O) groups is 2. The van der Waals surface area contributed by atoms with E-state index in [4.69, 9.17) is 5.73 Å². The van der Waals surface area contributed by atoms with Crippen LogP contribution in [0.25, 0.3) is 11.1 Å². The average Bonchev–Trinajstić information content (AvgIpc) is 2.71. The highest BCUT2D eigenvalue weighted by Gasteiger charge is 2.21. The summed E-state index contributed by atoms with van der Waals surface area (Å²) in [5.41, 5.74) is 8.43. The number of benzene rings is 2. The molecule has 156 valence electrons. The highest BCUT2D eigenvalue weighted by Crippen LogP contribution is 2.20. The van der Waals surface area contributed by atoms with Gasteiger partial charge in [-0.3, -0.25) is 4.79 Å². The molecule has 0 aliphatic rings. The van der Waals surface area contributed by atoms with E-state index in [0.29, 0.717) is 25.8 Å². The van der Waals surface area contributed by atoms with E-state index in [2.05, 4.69) is 34.9 Å². The Labute approximate surface area is 172 Å². The number of primary amides is 1. The summed E-state index contributed by atoms with van der Waals surface area (Å²) in [6, 6.07) is 17.5. The lowest BCUT2D eigenvalue weighted by molar-refractivity contribution is -0.126. The Balaban J connectivity index is 1.87. The van der Waals surface area contributed by atoms with Crippen LogP contribution in [0.2, 0.25) is 0 Å². The van der Waals surface area contributed by atoms with Crippen molar-refractivity contribution in [3.63, 3.8) is 0 Å². The minimum Gasteiger partial charge on any atom is -0.391 e. The van der Waals surface area contributed by atoms with E-state index in [1.54, 1.807) is 6.92 Å². The van der Waals surface area contributed by atoms with Gasteiger partial charge in [-0.1, -0.05) is 61.5 Å². The second-order valence-electron chi connectivity index (χ2n) is 7.46. The Bertz CT molecular complexity index is 776. The second-order valence-corrected chi connectivity index (χ2v) is 7.46. The van der Waals surface area contributed by atoms with Gasteiger partial charge in [0.25, 0.3) is 0 Å². The van der Waals surface area contributed by atoms with Gasteiger partial charge >= 0.3 is 6.03 Å². The van der Waals surface area contributed by atoms with Crippen LogP contribution in [-0.2, 0) is 11.2 Å². The molecule has 5 N–H and O–H groups in total. The van der Waals surface area contributed by atoms with Crippen molar-refractivity contribution in [2.45, 2.75) is 45.3 Å². The van der Waals surface area contributed by atoms with E-state index in [9.17, 15) is 14.7 Å². The topological polar surface area (TPSA) is 104 Å². The fraction of sp³-hybridized carbons (Fsp3) is 0.391. The molecule has 0 spiro atoms. The Morgan fingerprint density at radius 3 is 2.21 bits per heavy atom. The maximum atomic E-state index is 12.6. The number of carbonyl (C=O) groups excluding carboxylic acids is 2. The first kappa shape index (κ1) is 22.4. The molecule has 0 radical (unpaired) electrons. The van der Waals surface area contributed by atoms with Gasteiger partial charge in [0.15, 0.2) is 0 Å². The summed E-state index contributed by atoms with van der Waals surface area (Å²) in [7, 11) is 0. The Kier molecular flexibility index (Phi) is 8.68. The number of amides is 3. The molecule has 2 aromatic rings. The zero-order valence-corrected chi connectivity index (χ0v) is 17.1. The summed E-state index contributed by atoms with van der Waals surface area (Å²) in [4.78, 5) is 23.3. The lowest BCUT2D eigenvalue weighted by atomic mass is 9.97. The van der Waals surface area contributed by atoms with E-state index < -0.39 is 12.1 Å². The zero-order valence-electron chi connectivity index (χ0n) is 17.1. The first-order valence-corrected chi connectivity index (χ1v) is 10.0. The van der Waals surface area contributed by atoms with Crippen molar-refractivity contribution in [3.8, 4) is 11.1 Å². The Morgan fingerprint density at radius 1 is 1.00 bits per heavy atom. The van der Waals surface area contributed by atoms with Gasteiger partial charge in [0.1, 0.15) is 0 Å². The number of aliphatic hydroxyl groups is 1. The van der Waals surface area contributed by atoms with E-state index in [1.165, 1.54) is 0 Å². The molecule has 2 aromatic carbocycles. The summed E-state index contributed by atoms with van der Waals surface area (Å²) in [5, 5.41) is 15.4. The van der Waals surface area contributed by atoms with Crippen molar-refractivity contribution in [2.24, 2.45) is 11.7 Å². The van der Waals surface area contributed by atoms with Crippen molar-refractivity contribution in [1.82, 2.24) is 10.6 Å². The molecule has 0 fully saturated rings. The molecule has 0 saturated carbocycles. The number of aliphatic hydroxyl groups excluding tert-OH is 1. The number of rotatable bonds is 10. The largest absolute Gasteiger partial charge is 0.391 e. The summed E-state index contributed by atoms with van der Waals surface area (Å²) in [6.07, 6.45) is 1.12. The normalized spacial score (nSPS) is 13.9. The van der Waals surface area contributed by atoms with Crippen molar-refractivity contribution in [2.75, 3.05) is 6.54 Å². The van der Waals surface area contributed by atoms with Crippen molar-refractivity contribution in [3.05, 3.63) is 60.2 Å². The van der Waals surface area contributed by atoms with Crippen LogP contribution >= 0.6 is 0 Å². The van der Waals surface area contributed by atoms with Crippen LogP contribution in [0.5, 0.6) is 0 Å². The van der Waals surface area contributed by atoms with Gasteiger partial charge < -0.3 is 21.5 Å². The standard InChI is InChI=1S/C23H31N3O3/c1-16(22(28)26-21(17(2)27)9-6-14-25-23(24)29)15-18-10-12-20(13-11-18)19-7-4-3-5-8-19/h3-5,7-8,10-13,16-17,21,27H,6,9,14-15H2,1-2H3,(H,26,28)(H3,24,25,29)/t16-,17?,21-/m0/s1. The third-order valence-corrected chi connectivity index (χ3v) is 4.95. The van der Waals surface area contributed by atoms with E-state index in [-0.39, 0.29) is 17.9 Å². The molecule has 29 heavy (non-hydrogen) atoms. The number of nitrogens with one attached hydrogen (secondary N) is 2. The van der Waals surface area contributed by atoms with Gasteiger partial charge in [0, 0.05) is 12.5 Å². The van der Waals surface area contributed by atoms with Gasteiger partial charge in [0.2, 0.25) is 5.91 Å². The fourth-order valence-electron chi connectivity index (χ4n) is 3.20. The van der Waals surface area contributed by atoms with E-state index in [0.717, 1.165) is 16.7 Å². The SMILES string of the molecule is CC(O)[C@H](CCCNC(N)=O)NC(=O)[C@@H](C)Cc1ccc(-c2ccccc2)cc1. The molecule has 1 unspecified atom stereocenters.